The molecule has 1 heterocycles. The van der Waals surface area contributed by atoms with Gasteiger partial charge in [0.05, 0.1) is 11.5 Å². The number of nitrogens with zero attached hydrogens (tertiary/aromatic N) is 1. The minimum Gasteiger partial charge on any atom is -0.431 e. The van der Waals surface area contributed by atoms with E-state index in [0.717, 1.165) is 0 Å². The van der Waals surface area contributed by atoms with Crippen molar-refractivity contribution in [3.8, 4) is 100 Å². The summed E-state index contributed by atoms with van der Waals surface area (Å²) in [6.07, 6.45) is -2.36. The van der Waals surface area contributed by atoms with Gasteiger partial charge in [0.15, 0.2) is 0 Å². The van der Waals surface area contributed by atoms with E-state index in [1.54, 1.807) is 6.92 Å². The number of ether oxygens (including phenoxy) is 4. The van der Waals surface area contributed by atoms with Gasteiger partial charge in [-0.25, -0.2) is 4.79 Å². The summed E-state index contributed by atoms with van der Waals surface area (Å²) in [5.74, 6) is 40.4. The Hall–Kier alpha value is -5.71. The molecule has 0 bridgehead atoms. The Labute approximate surface area is 208 Å². The van der Waals surface area contributed by atoms with Gasteiger partial charge in [0, 0.05) is 12.1 Å². The summed E-state index contributed by atoms with van der Waals surface area (Å²) >= 11 is 0. The van der Waals surface area contributed by atoms with Gasteiger partial charge in [-0.05, 0) is 108 Å². The maximum atomic E-state index is 11.7. The lowest BCUT2D eigenvalue weighted by molar-refractivity contribution is -0.384. The van der Waals surface area contributed by atoms with Crippen LogP contribution < -0.4 is 4.74 Å². The van der Waals surface area contributed by atoms with Crippen molar-refractivity contribution >= 4 is 11.8 Å². The van der Waals surface area contributed by atoms with Gasteiger partial charge < -0.3 is 18.9 Å². The lowest BCUT2D eigenvalue weighted by Gasteiger charge is -2.09. The number of hydrogen-bond acceptors (Lipinski definition) is 7. The second kappa shape index (κ2) is 16.0. The van der Waals surface area contributed by atoms with Gasteiger partial charge in [0.2, 0.25) is 6.29 Å². The minimum absolute atomic E-state index is 0.104. The van der Waals surface area contributed by atoms with E-state index in [1.165, 1.54) is 24.3 Å². The van der Waals surface area contributed by atoms with E-state index in [1.807, 2.05) is 0 Å². The monoisotopic (exact) mass is 475 g/mol. The Morgan fingerprint density at radius 2 is 1.44 bits per heavy atom. The molecule has 0 aliphatic carbocycles. The molecule has 0 saturated carbocycles. The number of hydrogen-bond donors (Lipinski definition) is 0. The highest BCUT2D eigenvalue weighted by molar-refractivity contribution is 5.64. The van der Waals surface area contributed by atoms with Crippen molar-refractivity contribution in [3.63, 3.8) is 0 Å². The second-order valence-corrected chi connectivity index (χ2v) is 5.98. The molecule has 2 rings (SSSR count). The number of carbonyl (C=O) groups is 1. The van der Waals surface area contributed by atoms with Crippen LogP contribution in [0.1, 0.15) is 6.92 Å². The van der Waals surface area contributed by atoms with Crippen LogP contribution in [0.4, 0.5) is 10.5 Å². The Balaban J connectivity index is 1.69. The number of rotatable bonds is 4. The molecule has 1 unspecified atom stereocenters. The molecule has 0 radical (unpaired) electrons. The number of carbonyl (C=O) groups excluding carboxylic acids is 1. The standard InChI is InChI=1S/C28H13NO7/c1-2-3-4-5-6-7-8-9-10-11-12-13-14-15-16-17-27-33-22-26(35-27)23-34-28(30)36-25-20-18-24(19-21-25)29(31)32/h18-21,26-27H,22-23H2,1H3/t26-,27?/m1/s1. The van der Waals surface area contributed by atoms with Crippen molar-refractivity contribution in [3.05, 3.63) is 34.4 Å². The van der Waals surface area contributed by atoms with Gasteiger partial charge >= 0.3 is 6.16 Å². The number of nitro benzene ring substituents is 1. The van der Waals surface area contributed by atoms with Gasteiger partial charge in [-0.15, -0.1) is 0 Å². The van der Waals surface area contributed by atoms with Crippen LogP contribution >= 0.6 is 0 Å². The predicted octanol–water partition coefficient (Wildman–Crippen LogP) is 1.90. The second-order valence-electron chi connectivity index (χ2n) is 5.98. The van der Waals surface area contributed by atoms with E-state index in [4.69, 9.17) is 18.9 Å². The zero-order valence-corrected chi connectivity index (χ0v) is 18.7. The van der Waals surface area contributed by atoms with Crippen molar-refractivity contribution in [1.82, 2.24) is 0 Å². The van der Waals surface area contributed by atoms with Crippen LogP contribution in [0.5, 0.6) is 5.75 Å². The van der Waals surface area contributed by atoms with Crippen LogP contribution in [0.2, 0.25) is 0 Å². The fourth-order valence-corrected chi connectivity index (χ4v) is 2.07. The summed E-state index contributed by atoms with van der Waals surface area (Å²) < 4.78 is 20.6. The van der Waals surface area contributed by atoms with Gasteiger partial charge in [-0.1, -0.05) is 5.92 Å². The molecule has 0 spiro atoms. The first kappa shape index (κ1) is 26.5. The highest BCUT2D eigenvalue weighted by atomic mass is 16.8. The van der Waals surface area contributed by atoms with Crippen molar-refractivity contribution in [2.24, 2.45) is 0 Å². The summed E-state index contributed by atoms with van der Waals surface area (Å²) in [5, 5.41) is 10.6. The van der Waals surface area contributed by atoms with Crippen molar-refractivity contribution in [2.45, 2.75) is 19.3 Å². The van der Waals surface area contributed by atoms with Crippen molar-refractivity contribution in [2.75, 3.05) is 13.2 Å². The molecule has 1 aromatic carbocycles. The Kier molecular flexibility index (Phi) is 11.8. The van der Waals surface area contributed by atoms with Crippen LogP contribution in [-0.4, -0.2) is 36.7 Å². The highest BCUT2D eigenvalue weighted by Gasteiger charge is 2.26. The first-order chi connectivity index (χ1) is 17.6. The van der Waals surface area contributed by atoms with Gasteiger partial charge in [-0.3, -0.25) is 10.1 Å². The van der Waals surface area contributed by atoms with Crippen molar-refractivity contribution in [1.29, 1.82) is 0 Å². The number of benzene rings is 1. The molecule has 0 aromatic heterocycles. The van der Waals surface area contributed by atoms with E-state index in [9.17, 15) is 14.9 Å². The molecular weight excluding hydrogens is 462 g/mol. The van der Waals surface area contributed by atoms with Crippen LogP contribution in [0.15, 0.2) is 24.3 Å². The molecule has 8 nitrogen and oxygen atoms in total. The summed E-state index contributed by atoms with van der Waals surface area (Å²) in [4.78, 5) is 21.8. The summed E-state index contributed by atoms with van der Waals surface area (Å²) in [6.45, 7) is 1.70. The largest absolute Gasteiger partial charge is 0.513 e. The Morgan fingerprint density at radius 1 is 0.917 bits per heavy atom. The number of non-ortho nitro benzene ring substituents is 1. The van der Waals surface area contributed by atoms with E-state index in [-0.39, 0.29) is 24.7 Å². The third-order valence-electron chi connectivity index (χ3n) is 3.51. The number of nitro groups is 1. The third kappa shape index (κ3) is 11.2. The molecule has 0 amide bonds. The molecule has 1 fully saturated rings. The fourth-order valence-electron chi connectivity index (χ4n) is 2.07. The normalized spacial score (nSPS) is 13.7. The van der Waals surface area contributed by atoms with Crippen LogP contribution in [0, 0.1) is 105 Å². The maximum Gasteiger partial charge on any atom is 0.513 e. The topological polar surface area (TPSA) is 97.1 Å². The maximum absolute atomic E-state index is 11.7. The zero-order valence-electron chi connectivity index (χ0n) is 18.7. The molecular formula is C28H13NO7. The first-order valence-corrected chi connectivity index (χ1v) is 9.87. The Morgan fingerprint density at radius 3 is 1.97 bits per heavy atom. The lowest BCUT2D eigenvalue weighted by Crippen LogP contribution is -2.23. The van der Waals surface area contributed by atoms with E-state index < -0.39 is 23.5 Å². The van der Waals surface area contributed by atoms with Gasteiger partial charge in [0.1, 0.15) is 18.5 Å². The molecule has 1 aliphatic rings. The van der Waals surface area contributed by atoms with Crippen molar-refractivity contribution < 1.29 is 28.7 Å². The quantitative estimate of drug-likeness (QED) is 0.216. The van der Waals surface area contributed by atoms with E-state index in [0.29, 0.717) is 0 Å². The van der Waals surface area contributed by atoms with E-state index in [2.05, 4.69) is 94.7 Å². The summed E-state index contributed by atoms with van der Waals surface area (Å²) in [6, 6.07) is 4.98. The first-order valence-electron chi connectivity index (χ1n) is 9.87. The van der Waals surface area contributed by atoms with Crippen LogP contribution in [0.25, 0.3) is 0 Å². The Bertz CT molecular complexity index is 1500. The zero-order chi connectivity index (χ0) is 25.8. The molecule has 0 N–H and O–H groups in total. The van der Waals surface area contributed by atoms with Gasteiger partial charge in [-0.2, -0.15) is 0 Å². The van der Waals surface area contributed by atoms with Crippen LogP contribution in [-0.2, 0) is 14.2 Å². The third-order valence-corrected chi connectivity index (χ3v) is 3.51. The molecule has 8 heteroatoms. The molecule has 1 aromatic rings. The lowest BCUT2D eigenvalue weighted by atomic mass is 10.3. The predicted molar refractivity (Wildman–Crippen MR) is 128 cm³/mol. The summed E-state index contributed by atoms with van der Waals surface area (Å²) in [5.41, 5.74) is -0.127. The van der Waals surface area contributed by atoms with Crippen LogP contribution in [0.3, 0.4) is 0 Å². The highest BCUT2D eigenvalue weighted by Crippen LogP contribution is 2.18. The molecule has 1 saturated heterocycles. The average Bonchev–Trinajstić information content (AvgIpc) is 3.33. The molecule has 1 aliphatic heterocycles. The molecule has 172 valence electrons. The minimum atomic E-state index is -0.986. The average molecular weight is 475 g/mol. The smallest absolute Gasteiger partial charge is 0.431 e. The molecule has 2 atom stereocenters. The van der Waals surface area contributed by atoms with E-state index >= 15 is 0 Å². The summed E-state index contributed by atoms with van der Waals surface area (Å²) in [7, 11) is 0. The van der Waals surface area contributed by atoms with Gasteiger partial charge in [0.25, 0.3) is 5.69 Å². The molecule has 36 heavy (non-hydrogen) atoms. The SMILES string of the molecule is CC#CC#CC#CC#CC#CC#CC#CC#CC1OC[C@H](COC(=O)Oc2ccc([N+](=O)[O-])cc2)O1. The fraction of sp³-hybridized carbons (Fsp3) is 0.179.